The summed E-state index contributed by atoms with van der Waals surface area (Å²) in [6.45, 7) is 1.88. The molecule has 0 aliphatic carbocycles. The number of carbonyl (C=O) groups is 1. The fourth-order valence-electron chi connectivity index (χ4n) is 1.82. The smallest absolute Gasteiger partial charge is 0.263 e. The number of amides is 1. The second kappa shape index (κ2) is 7.40. The minimum atomic E-state index is -0.292. The lowest BCUT2D eigenvalue weighted by atomic mass is 10.2. The molecule has 1 aromatic heterocycles. The number of aryl methyl sites for hydroxylation is 1. The summed E-state index contributed by atoms with van der Waals surface area (Å²) >= 11 is 0. The van der Waals surface area contributed by atoms with Crippen molar-refractivity contribution in [3.05, 3.63) is 53.7 Å². The van der Waals surface area contributed by atoms with Crippen molar-refractivity contribution >= 4 is 11.7 Å². The molecule has 0 aliphatic rings. The highest BCUT2D eigenvalue weighted by Crippen LogP contribution is 2.13. The number of hydrogen-bond donors (Lipinski definition) is 2. The first kappa shape index (κ1) is 15.0. The van der Waals surface area contributed by atoms with Gasteiger partial charge in [-0.3, -0.25) is 4.79 Å². The molecule has 2 aromatic rings. The highest BCUT2D eigenvalue weighted by atomic mass is 16.5. The molecule has 1 heterocycles. The standard InChI is InChI=1S/C16H18N2O3/c1-2-12-4-3-5-14(8-12)21-11-16(20)18-15-9-13(10-19)6-7-17-15/h3-9,19H,2,10-11H2,1H3,(H,17,18,20). The number of nitrogens with one attached hydrogen (secondary N) is 1. The van der Waals surface area contributed by atoms with Crippen molar-refractivity contribution in [1.82, 2.24) is 4.98 Å². The van der Waals surface area contributed by atoms with Crippen LogP contribution in [-0.2, 0) is 17.8 Å². The van der Waals surface area contributed by atoms with Crippen LogP contribution in [0.5, 0.6) is 5.75 Å². The van der Waals surface area contributed by atoms with Gasteiger partial charge in [0, 0.05) is 6.20 Å². The lowest BCUT2D eigenvalue weighted by molar-refractivity contribution is -0.118. The fourth-order valence-corrected chi connectivity index (χ4v) is 1.82. The van der Waals surface area contributed by atoms with E-state index in [1.807, 2.05) is 24.3 Å². The Morgan fingerprint density at radius 2 is 2.14 bits per heavy atom. The number of benzene rings is 1. The Labute approximate surface area is 123 Å². The van der Waals surface area contributed by atoms with Crippen LogP contribution in [0.2, 0.25) is 0 Å². The monoisotopic (exact) mass is 286 g/mol. The van der Waals surface area contributed by atoms with Crippen LogP contribution in [0.3, 0.4) is 0 Å². The van der Waals surface area contributed by atoms with Gasteiger partial charge < -0.3 is 15.2 Å². The number of pyridine rings is 1. The lowest BCUT2D eigenvalue weighted by Gasteiger charge is -2.08. The van der Waals surface area contributed by atoms with Crippen LogP contribution in [0, 0.1) is 0 Å². The van der Waals surface area contributed by atoms with Crippen LogP contribution < -0.4 is 10.1 Å². The van der Waals surface area contributed by atoms with Crippen molar-refractivity contribution in [3.63, 3.8) is 0 Å². The van der Waals surface area contributed by atoms with Crippen molar-refractivity contribution in [2.24, 2.45) is 0 Å². The zero-order valence-corrected chi connectivity index (χ0v) is 11.9. The summed E-state index contributed by atoms with van der Waals surface area (Å²) in [4.78, 5) is 15.8. The Hall–Kier alpha value is -2.40. The van der Waals surface area contributed by atoms with Crippen molar-refractivity contribution in [3.8, 4) is 5.75 Å². The number of aliphatic hydroxyl groups excluding tert-OH is 1. The first-order valence-electron chi connectivity index (χ1n) is 6.78. The molecule has 0 fully saturated rings. The Balaban J connectivity index is 1.89. The van der Waals surface area contributed by atoms with E-state index in [4.69, 9.17) is 9.84 Å². The molecule has 0 atom stereocenters. The molecular weight excluding hydrogens is 268 g/mol. The maximum absolute atomic E-state index is 11.8. The Bertz CT molecular complexity index is 614. The third-order valence-corrected chi connectivity index (χ3v) is 2.95. The van der Waals surface area contributed by atoms with Crippen LogP contribution in [0.25, 0.3) is 0 Å². The topological polar surface area (TPSA) is 71.5 Å². The van der Waals surface area contributed by atoms with E-state index in [0.29, 0.717) is 17.1 Å². The Morgan fingerprint density at radius 1 is 1.29 bits per heavy atom. The van der Waals surface area contributed by atoms with Gasteiger partial charge in [0.1, 0.15) is 11.6 Å². The average Bonchev–Trinajstić information content (AvgIpc) is 2.53. The molecule has 5 heteroatoms. The van der Waals surface area contributed by atoms with E-state index >= 15 is 0 Å². The first-order valence-corrected chi connectivity index (χ1v) is 6.78. The van der Waals surface area contributed by atoms with Gasteiger partial charge in [-0.2, -0.15) is 0 Å². The fraction of sp³-hybridized carbons (Fsp3) is 0.250. The number of anilines is 1. The molecule has 0 spiro atoms. The minimum absolute atomic E-state index is 0.0851. The number of carbonyl (C=O) groups excluding carboxylic acids is 1. The van der Waals surface area contributed by atoms with Crippen LogP contribution in [0.15, 0.2) is 42.6 Å². The molecular formula is C16H18N2O3. The molecule has 0 radical (unpaired) electrons. The van der Waals surface area contributed by atoms with Gasteiger partial charge in [-0.15, -0.1) is 0 Å². The maximum atomic E-state index is 11.8. The van der Waals surface area contributed by atoms with Crippen molar-refractivity contribution in [2.75, 3.05) is 11.9 Å². The molecule has 0 unspecified atom stereocenters. The van der Waals surface area contributed by atoms with Gasteiger partial charge in [0.15, 0.2) is 6.61 Å². The highest BCUT2D eigenvalue weighted by molar-refractivity contribution is 5.91. The van der Waals surface area contributed by atoms with Crippen LogP contribution in [0.4, 0.5) is 5.82 Å². The van der Waals surface area contributed by atoms with Gasteiger partial charge in [0.2, 0.25) is 0 Å². The first-order chi connectivity index (χ1) is 10.2. The molecule has 0 aliphatic heterocycles. The highest BCUT2D eigenvalue weighted by Gasteiger charge is 2.05. The summed E-state index contributed by atoms with van der Waals surface area (Å²) < 4.78 is 5.45. The molecule has 0 saturated carbocycles. The average molecular weight is 286 g/mol. The van der Waals surface area contributed by atoms with E-state index in [1.165, 1.54) is 6.20 Å². The zero-order chi connectivity index (χ0) is 15.1. The third kappa shape index (κ3) is 4.57. The summed E-state index contributed by atoms with van der Waals surface area (Å²) in [5, 5.41) is 11.7. The third-order valence-electron chi connectivity index (χ3n) is 2.95. The maximum Gasteiger partial charge on any atom is 0.263 e. The van der Waals surface area contributed by atoms with Gasteiger partial charge in [0.05, 0.1) is 6.61 Å². The van der Waals surface area contributed by atoms with Crippen molar-refractivity contribution < 1.29 is 14.6 Å². The predicted octanol–water partition coefficient (Wildman–Crippen LogP) is 2.15. The van der Waals surface area contributed by atoms with E-state index in [9.17, 15) is 4.79 Å². The molecule has 1 aromatic carbocycles. The quantitative estimate of drug-likeness (QED) is 0.853. The summed E-state index contributed by atoms with van der Waals surface area (Å²) in [5.74, 6) is 0.776. The SMILES string of the molecule is CCc1cccc(OCC(=O)Nc2cc(CO)ccn2)c1. The minimum Gasteiger partial charge on any atom is -0.484 e. The summed E-state index contributed by atoms with van der Waals surface area (Å²) in [6, 6.07) is 10.9. The molecule has 2 N–H and O–H groups in total. The van der Waals surface area contributed by atoms with Gasteiger partial charge in [-0.25, -0.2) is 4.98 Å². The summed E-state index contributed by atoms with van der Waals surface area (Å²) in [5.41, 5.74) is 1.85. The van der Waals surface area contributed by atoms with E-state index in [0.717, 1.165) is 12.0 Å². The number of hydrogen-bond acceptors (Lipinski definition) is 4. The van der Waals surface area contributed by atoms with Gasteiger partial charge >= 0.3 is 0 Å². The zero-order valence-electron chi connectivity index (χ0n) is 11.9. The van der Waals surface area contributed by atoms with Gasteiger partial charge in [0.25, 0.3) is 5.91 Å². The van der Waals surface area contributed by atoms with E-state index < -0.39 is 0 Å². The van der Waals surface area contributed by atoms with Gasteiger partial charge in [-0.1, -0.05) is 19.1 Å². The van der Waals surface area contributed by atoms with Crippen molar-refractivity contribution in [1.29, 1.82) is 0 Å². The van der Waals surface area contributed by atoms with E-state index in [-0.39, 0.29) is 19.1 Å². The Kier molecular flexibility index (Phi) is 5.29. The Morgan fingerprint density at radius 3 is 2.90 bits per heavy atom. The predicted molar refractivity (Wildman–Crippen MR) is 80.1 cm³/mol. The molecule has 0 saturated heterocycles. The second-order valence-corrected chi connectivity index (χ2v) is 4.55. The van der Waals surface area contributed by atoms with Crippen molar-refractivity contribution in [2.45, 2.75) is 20.0 Å². The summed E-state index contributed by atoms with van der Waals surface area (Å²) in [6.07, 6.45) is 2.45. The van der Waals surface area contributed by atoms with Crippen LogP contribution in [0.1, 0.15) is 18.1 Å². The number of nitrogens with zero attached hydrogens (tertiary/aromatic N) is 1. The summed E-state index contributed by atoms with van der Waals surface area (Å²) in [7, 11) is 0. The number of ether oxygens (including phenoxy) is 1. The number of aromatic nitrogens is 1. The molecule has 21 heavy (non-hydrogen) atoms. The molecule has 2 rings (SSSR count). The molecule has 110 valence electrons. The van der Waals surface area contributed by atoms with E-state index in [2.05, 4.69) is 17.2 Å². The van der Waals surface area contributed by atoms with Crippen LogP contribution >= 0.6 is 0 Å². The largest absolute Gasteiger partial charge is 0.484 e. The number of rotatable bonds is 6. The number of aliphatic hydroxyl groups is 1. The van der Waals surface area contributed by atoms with Gasteiger partial charge in [-0.05, 0) is 41.8 Å². The second-order valence-electron chi connectivity index (χ2n) is 4.55. The normalized spacial score (nSPS) is 10.2. The lowest BCUT2D eigenvalue weighted by Crippen LogP contribution is -2.20. The van der Waals surface area contributed by atoms with Crippen LogP contribution in [-0.4, -0.2) is 22.6 Å². The molecule has 0 bridgehead atoms. The van der Waals surface area contributed by atoms with E-state index in [1.54, 1.807) is 12.1 Å². The molecule has 5 nitrogen and oxygen atoms in total. The molecule has 1 amide bonds.